The number of rotatable bonds is 3. The first kappa shape index (κ1) is 22.5. The minimum Gasteiger partial charge on any atom is -0.508 e. The van der Waals surface area contributed by atoms with Gasteiger partial charge in [-0.3, -0.25) is 14.5 Å². The Morgan fingerprint density at radius 1 is 1.03 bits per heavy atom. The summed E-state index contributed by atoms with van der Waals surface area (Å²) >= 11 is 0. The van der Waals surface area contributed by atoms with E-state index in [0.29, 0.717) is 6.42 Å². The lowest BCUT2D eigenvalue weighted by Crippen LogP contribution is -2.49. The Hall–Kier alpha value is -2.15. The summed E-state index contributed by atoms with van der Waals surface area (Å²) in [7, 11) is 0. The van der Waals surface area contributed by atoms with Crippen molar-refractivity contribution in [2.45, 2.75) is 64.0 Å². The number of halogens is 1. The zero-order chi connectivity index (χ0) is 21.5. The first-order chi connectivity index (χ1) is 14.5. The van der Waals surface area contributed by atoms with E-state index in [-0.39, 0.29) is 23.6 Å². The van der Waals surface area contributed by atoms with E-state index in [9.17, 15) is 14.0 Å². The van der Waals surface area contributed by atoms with Crippen LogP contribution in [0.1, 0.15) is 51.9 Å². The molecule has 0 bridgehead atoms. The average molecular weight is 420 g/mol. The number of aromatic hydroxyl groups is 1. The summed E-state index contributed by atoms with van der Waals surface area (Å²) in [4.78, 5) is 31.3. The second-order valence-electron chi connectivity index (χ2n) is 8.38. The summed E-state index contributed by atoms with van der Waals surface area (Å²) in [6.45, 7) is 6.45. The number of phenols is 1. The van der Waals surface area contributed by atoms with Crippen molar-refractivity contribution < 1.29 is 19.1 Å². The van der Waals surface area contributed by atoms with Crippen LogP contribution in [0.25, 0.3) is 0 Å². The number of nitrogens with zero attached hydrogens (tertiary/aromatic N) is 3. The predicted octanol–water partition coefficient (Wildman–Crippen LogP) is 3.01. The third kappa shape index (κ3) is 5.72. The molecule has 0 spiro atoms. The molecule has 7 heteroatoms. The molecule has 6 nitrogen and oxygen atoms in total. The second kappa shape index (κ2) is 10.8. The Balaban J connectivity index is 0.000000269. The van der Waals surface area contributed by atoms with Crippen molar-refractivity contribution in [2.75, 3.05) is 32.7 Å². The van der Waals surface area contributed by atoms with E-state index in [2.05, 4.69) is 4.90 Å². The molecular formula is C23H34FN3O3. The van der Waals surface area contributed by atoms with Gasteiger partial charge in [0.05, 0.1) is 0 Å². The molecule has 2 saturated heterocycles. The monoisotopic (exact) mass is 419 g/mol. The molecule has 2 heterocycles. The SMILES string of the molecule is CCC(=O)N1CCC[C@@H]1C(=O)N1CCCN(C2CCC2)CC1.Oc1cccc(F)c1. The lowest BCUT2D eigenvalue weighted by atomic mass is 9.91. The van der Waals surface area contributed by atoms with Crippen molar-refractivity contribution in [3.8, 4) is 5.75 Å². The normalized spacial score (nSPS) is 22.7. The van der Waals surface area contributed by atoms with Crippen LogP contribution in [0.3, 0.4) is 0 Å². The van der Waals surface area contributed by atoms with Crippen LogP contribution in [-0.2, 0) is 9.59 Å². The summed E-state index contributed by atoms with van der Waals surface area (Å²) in [5.74, 6) is -0.133. The highest BCUT2D eigenvalue weighted by Crippen LogP contribution is 2.26. The van der Waals surface area contributed by atoms with Gasteiger partial charge in [0.2, 0.25) is 11.8 Å². The molecule has 0 unspecified atom stereocenters. The van der Waals surface area contributed by atoms with Gasteiger partial charge in [0.15, 0.2) is 0 Å². The van der Waals surface area contributed by atoms with E-state index in [1.165, 1.54) is 37.5 Å². The smallest absolute Gasteiger partial charge is 0.245 e. The zero-order valence-electron chi connectivity index (χ0n) is 17.9. The number of hydrogen-bond donors (Lipinski definition) is 1. The van der Waals surface area contributed by atoms with Gasteiger partial charge < -0.3 is 14.9 Å². The molecule has 1 aromatic carbocycles. The standard InChI is InChI=1S/C17H29N3O2.C6H5FO/c1-2-16(21)20-11-4-8-15(20)17(22)19-10-5-9-18(12-13-19)14-6-3-7-14;7-5-2-1-3-6(8)4-5/h14-15H,2-13H2,1H3;1-4,8H/t15-;/m1./s1. The van der Waals surface area contributed by atoms with Crippen LogP contribution in [-0.4, -0.2) is 76.4 Å². The minimum atomic E-state index is -0.412. The zero-order valence-corrected chi connectivity index (χ0v) is 17.9. The summed E-state index contributed by atoms with van der Waals surface area (Å²) < 4.78 is 12.0. The third-order valence-electron chi connectivity index (χ3n) is 6.40. The molecule has 1 saturated carbocycles. The maximum atomic E-state index is 12.9. The van der Waals surface area contributed by atoms with Crippen molar-refractivity contribution in [1.29, 1.82) is 0 Å². The fourth-order valence-electron chi connectivity index (χ4n) is 4.49. The Kier molecular flexibility index (Phi) is 8.08. The fourth-order valence-corrected chi connectivity index (χ4v) is 4.49. The summed E-state index contributed by atoms with van der Waals surface area (Å²) in [5.41, 5.74) is 0. The number of amides is 2. The molecule has 1 aliphatic carbocycles. The van der Waals surface area contributed by atoms with Gasteiger partial charge in [-0.2, -0.15) is 0 Å². The van der Waals surface area contributed by atoms with Crippen LogP contribution in [0.2, 0.25) is 0 Å². The number of carbonyl (C=O) groups is 2. The molecule has 3 fully saturated rings. The molecule has 1 N–H and O–H groups in total. The summed E-state index contributed by atoms with van der Waals surface area (Å²) in [5, 5.41) is 8.57. The molecule has 3 aliphatic rings. The van der Waals surface area contributed by atoms with Crippen LogP contribution < -0.4 is 0 Å². The van der Waals surface area contributed by atoms with Gasteiger partial charge in [-0.05, 0) is 44.2 Å². The van der Waals surface area contributed by atoms with E-state index >= 15 is 0 Å². The Morgan fingerprint density at radius 2 is 1.83 bits per heavy atom. The maximum absolute atomic E-state index is 12.9. The Labute approximate surface area is 178 Å². The van der Waals surface area contributed by atoms with Gasteiger partial charge in [0, 0.05) is 51.3 Å². The highest BCUT2D eigenvalue weighted by atomic mass is 19.1. The number of benzene rings is 1. The average Bonchev–Trinajstić information content (AvgIpc) is 3.06. The summed E-state index contributed by atoms with van der Waals surface area (Å²) in [6, 6.07) is 5.77. The fraction of sp³-hybridized carbons (Fsp3) is 0.652. The lowest BCUT2D eigenvalue weighted by molar-refractivity contribution is -0.143. The molecule has 0 radical (unpaired) electrons. The maximum Gasteiger partial charge on any atom is 0.245 e. The quantitative estimate of drug-likeness (QED) is 0.818. The number of likely N-dealkylation sites (tertiary alicyclic amines) is 1. The first-order valence-corrected chi connectivity index (χ1v) is 11.3. The molecule has 1 aromatic rings. The molecule has 2 aliphatic heterocycles. The highest BCUT2D eigenvalue weighted by Gasteiger charge is 2.36. The van der Waals surface area contributed by atoms with E-state index < -0.39 is 5.82 Å². The topological polar surface area (TPSA) is 64.1 Å². The molecule has 2 amide bonds. The van der Waals surface area contributed by atoms with Crippen LogP contribution in [0.4, 0.5) is 4.39 Å². The van der Waals surface area contributed by atoms with Crippen molar-refractivity contribution in [3.63, 3.8) is 0 Å². The Morgan fingerprint density at radius 3 is 2.43 bits per heavy atom. The van der Waals surface area contributed by atoms with E-state index in [4.69, 9.17) is 5.11 Å². The first-order valence-electron chi connectivity index (χ1n) is 11.3. The van der Waals surface area contributed by atoms with Gasteiger partial charge in [-0.1, -0.05) is 19.4 Å². The Bertz CT molecular complexity index is 708. The van der Waals surface area contributed by atoms with Crippen LogP contribution in [0.15, 0.2) is 24.3 Å². The van der Waals surface area contributed by atoms with E-state index in [1.807, 2.05) is 16.7 Å². The van der Waals surface area contributed by atoms with Crippen LogP contribution in [0, 0.1) is 5.82 Å². The molecular weight excluding hydrogens is 385 g/mol. The number of hydrogen-bond acceptors (Lipinski definition) is 4. The highest BCUT2D eigenvalue weighted by molar-refractivity contribution is 5.88. The van der Waals surface area contributed by atoms with Crippen molar-refractivity contribution in [2.24, 2.45) is 0 Å². The van der Waals surface area contributed by atoms with Gasteiger partial charge >= 0.3 is 0 Å². The molecule has 0 aromatic heterocycles. The second-order valence-corrected chi connectivity index (χ2v) is 8.38. The van der Waals surface area contributed by atoms with Gasteiger partial charge in [-0.15, -0.1) is 0 Å². The van der Waals surface area contributed by atoms with Crippen molar-refractivity contribution in [1.82, 2.24) is 14.7 Å². The lowest BCUT2D eigenvalue weighted by Gasteiger charge is -2.37. The molecule has 166 valence electrons. The van der Waals surface area contributed by atoms with Crippen molar-refractivity contribution in [3.05, 3.63) is 30.1 Å². The minimum absolute atomic E-state index is 0.0370. The van der Waals surface area contributed by atoms with Gasteiger partial charge in [-0.25, -0.2) is 4.39 Å². The summed E-state index contributed by atoms with van der Waals surface area (Å²) in [6.07, 6.45) is 7.39. The number of carbonyl (C=O) groups excluding carboxylic acids is 2. The van der Waals surface area contributed by atoms with E-state index in [1.54, 1.807) is 0 Å². The van der Waals surface area contributed by atoms with Crippen LogP contribution >= 0.6 is 0 Å². The molecule has 4 rings (SSSR count). The van der Waals surface area contributed by atoms with Gasteiger partial charge in [0.1, 0.15) is 17.6 Å². The van der Waals surface area contributed by atoms with Crippen LogP contribution in [0.5, 0.6) is 5.75 Å². The van der Waals surface area contributed by atoms with Gasteiger partial charge in [0.25, 0.3) is 0 Å². The predicted molar refractivity (Wildman–Crippen MR) is 113 cm³/mol. The molecule has 1 atom stereocenters. The van der Waals surface area contributed by atoms with E-state index in [0.717, 1.165) is 64.1 Å². The molecule has 30 heavy (non-hydrogen) atoms. The largest absolute Gasteiger partial charge is 0.508 e. The van der Waals surface area contributed by atoms with Crippen molar-refractivity contribution >= 4 is 11.8 Å². The third-order valence-corrected chi connectivity index (χ3v) is 6.40. The number of phenolic OH excluding ortho intramolecular Hbond substituents is 1.